The Labute approximate surface area is 248 Å². The van der Waals surface area contributed by atoms with Gasteiger partial charge in [0.1, 0.15) is 18.3 Å². The van der Waals surface area contributed by atoms with Crippen LogP contribution in [0.2, 0.25) is 5.02 Å². The average molecular weight is 600 g/mol. The van der Waals surface area contributed by atoms with E-state index in [2.05, 4.69) is 5.32 Å². The molecule has 0 aromatic heterocycles. The largest absolute Gasteiger partial charge is 0.497 e. The minimum absolute atomic E-state index is 0.0337. The summed E-state index contributed by atoms with van der Waals surface area (Å²) in [5, 5.41) is 3.33. The fourth-order valence-corrected chi connectivity index (χ4v) is 6.06. The number of anilines is 1. The quantitative estimate of drug-likeness (QED) is 0.311. The van der Waals surface area contributed by atoms with E-state index in [1.54, 1.807) is 62.6 Å². The van der Waals surface area contributed by atoms with Crippen molar-refractivity contribution < 1.29 is 22.7 Å². The summed E-state index contributed by atoms with van der Waals surface area (Å²) in [6.07, 6.45) is 0.325. The molecule has 0 aliphatic heterocycles. The molecular formula is C31H38ClN3O5S. The highest BCUT2D eigenvalue weighted by Gasteiger charge is 2.35. The molecule has 3 rings (SSSR count). The van der Waals surface area contributed by atoms with Crippen LogP contribution in [-0.2, 0) is 26.2 Å². The second kappa shape index (κ2) is 13.4. The summed E-state index contributed by atoms with van der Waals surface area (Å²) in [7, 11) is -2.61. The van der Waals surface area contributed by atoms with Gasteiger partial charge < -0.3 is 15.0 Å². The molecule has 0 saturated carbocycles. The molecule has 1 N–H and O–H groups in total. The number of methoxy groups -OCH3 is 1. The molecule has 41 heavy (non-hydrogen) atoms. The van der Waals surface area contributed by atoms with Gasteiger partial charge in [-0.15, -0.1) is 0 Å². The number of carbonyl (C=O) groups is 2. The summed E-state index contributed by atoms with van der Waals surface area (Å²) in [6.45, 7) is 8.67. The van der Waals surface area contributed by atoms with Gasteiger partial charge in [0.15, 0.2) is 0 Å². The predicted molar refractivity (Wildman–Crippen MR) is 163 cm³/mol. The Morgan fingerprint density at radius 3 is 2.17 bits per heavy atom. The number of sulfonamides is 1. The third-order valence-corrected chi connectivity index (χ3v) is 8.70. The minimum atomic E-state index is -4.18. The van der Waals surface area contributed by atoms with Gasteiger partial charge in [-0.1, -0.05) is 54.9 Å². The molecule has 3 aromatic rings. The lowest BCUT2D eigenvalue weighted by Crippen LogP contribution is -2.55. The third-order valence-electron chi connectivity index (χ3n) is 6.51. The first-order valence-corrected chi connectivity index (χ1v) is 15.2. The number of nitrogens with zero attached hydrogens (tertiary/aromatic N) is 2. The molecule has 1 atom stereocenters. The van der Waals surface area contributed by atoms with Crippen LogP contribution in [0.1, 0.15) is 45.2 Å². The highest BCUT2D eigenvalue weighted by atomic mass is 35.5. The maximum absolute atomic E-state index is 14.2. The number of rotatable bonds is 11. The standard InChI is InChI=1S/C31H38ClN3O5S/c1-7-27(30(37)33-31(3,4)5)34(20-23-16-18-24(40-6)19-17-23)29(36)21-35(28-15-11-14-26(32)22(28)2)41(38,39)25-12-9-8-10-13-25/h8-19,27H,7,20-21H2,1-6H3,(H,33,37). The maximum atomic E-state index is 14.2. The molecule has 0 fully saturated rings. The van der Waals surface area contributed by atoms with Gasteiger partial charge in [-0.25, -0.2) is 8.42 Å². The predicted octanol–water partition coefficient (Wildman–Crippen LogP) is 5.57. The molecule has 220 valence electrons. The van der Waals surface area contributed by atoms with Crippen molar-refractivity contribution in [2.75, 3.05) is 18.0 Å². The van der Waals surface area contributed by atoms with E-state index in [1.807, 2.05) is 39.8 Å². The number of benzene rings is 3. The van der Waals surface area contributed by atoms with Crippen molar-refractivity contribution in [3.8, 4) is 5.75 Å². The number of hydrogen-bond acceptors (Lipinski definition) is 5. The Bertz CT molecular complexity index is 1460. The van der Waals surface area contributed by atoms with Crippen molar-refractivity contribution in [2.24, 2.45) is 0 Å². The Kier molecular flexibility index (Phi) is 10.4. The Morgan fingerprint density at radius 1 is 0.976 bits per heavy atom. The van der Waals surface area contributed by atoms with E-state index in [-0.39, 0.29) is 23.0 Å². The van der Waals surface area contributed by atoms with Crippen LogP contribution in [-0.4, -0.2) is 50.4 Å². The van der Waals surface area contributed by atoms with E-state index < -0.39 is 34.1 Å². The van der Waals surface area contributed by atoms with Crippen LogP contribution in [0.3, 0.4) is 0 Å². The van der Waals surface area contributed by atoms with Crippen molar-refractivity contribution >= 4 is 39.1 Å². The number of halogens is 1. The van der Waals surface area contributed by atoms with Gasteiger partial charge in [0.05, 0.1) is 17.7 Å². The number of nitrogens with one attached hydrogen (secondary N) is 1. The van der Waals surface area contributed by atoms with Crippen molar-refractivity contribution in [1.82, 2.24) is 10.2 Å². The van der Waals surface area contributed by atoms with Gasteiger partial charge in [-0.3, -0.25) is 13.9 Å². The molecule has 3 aromatic carbocycles. The van der Waals surface area contributed by atoms with Gasteiger partial charge in [-0.05, 0) is 81.6 Å². The van der Waals surface area contributed by atoms with E-state index in [9.17, 15) is 18.0 Å². The topological polar surface area (TPSA) is 96.0 Å². The minimum Gasteiger partial charge on any atom is -0.497 e. The fraction of sp³-hybridized carbons (Fsp3) is 0.355. The van der Waals surface area contributed by atoms with Crippen LogP contribution in [0.5, 0.6) is 5.75 Å². The molecule has 0 saturated heterocycles. The zero-order valence-corrected chi connectivity index (χ0v) is 25.9. The monoisotopic (exact) mass is 599 g/mol. The van der Waals surface area contributed by atoms with Gasteiger partial charge in [0, 0.05) is 17.1 Å². The number of hydrogen-bond donors (Lipinski definition) is 1. The molecule has 0 bridgehead atoms. The van der Waals surface area contributed by atoms with E-state index >= 15 is 0 Å². The molecule has 0 heterocycles. The van der Waals surface area contributed by atoms with Gasteiger partial charge >= 0.3 is 0 Å². The fourth-order valence-electron chi connectivity index (χ4n) is 4.40. The van der Waals surface area contributed by atoms with E-state index in [0.29, 0.717) is 22.8 Å². The summed E-state index contributed by atoms with van der Waals surface area (Å²) in [5.41, 5.74) is 1.03. The summed E-state index contributed by atoms with van der Waals surface area (Å²) < 4.78 is 34.3. The molecule has 1 unspecified atom stereocenters. The van der Waals surface area contributed by atoms with Crippen molar-refractivity contribution in [3.63, 3.8) is 0 Å². The second-order valence-corrected chi connectivity index (χ2v) is 13.0. The van der Waals surface area contributed by atoms with Crippen molar-refractivity contribution in [2.45, 2.75) is 64.1 Å². The van der Waals surface area contributed by atoms with Gasteiger partial charge in [0.2, 0.25) is 11.8 Å². The summed E-state index contributed by atoms with van der Waals surface area (Å²) in [6, 6.07) is 19.2. The molecule has 0 aliphatic rings. The molecule has 8 nitrogen and oxygen atoms in total. The first-order chi connectivity index (χ1) is 19.3. The lowest BCUT2D eigenvalue weighted by atomic mass is 10.1. The maximum Gasteiger partial charge on any atom is 0.264 e. The van der Waals surface area contributed by atoms with E-state index in [4.69, 9.17) is 16.3 Å². The normalized spacial score (nSPS) is 12.4. The first kappa shape index (κ1) is 32.0. The Hall–Kier alpha value is -3.56. The molecule has 0 radical (unpaired) electrons. The van der Waals surface area contributed by atoms with Crippen LogP contribution in [0.4, 0.5) is 5.69 Å². The number of carbonyl (C=O) groups excluding carboxylic acids is 2. The zero-order valence-electron chi connectivity index (χ0n) is 24.3. The molecule has 10 heteroatoms. The first-order valence-electron chi connectivity index (χ1n) is 13.4. The lowest BCUT2D eigenvalue weighted by molar-refractivity contribution is -0.141. The number of ether oxygens (including phenoxy) is 1. The van der Waals surface area contributed by atoms with Crippen LogP contribution in [0.15, 0.2) is 77.7 Å². The Morgan fingerprint density at radius 2 is 1.61 bits per heavy atom. The van der Waals surface area contributed by atoms with Crippen LogP contribution in [0, 0.1) is 6.92 Å². The molecule has 2 amide bonds. The van der Waals surface area contributed by atoms with E-state index in [0.717, 1.165) is 9.87 Å². The van der Waals surface area contributed by atoms with Crippen molar-refractivity contribution in [3.05, 3.63) is 88.9 Å². The smallest absolute Gasteiger partial charge is 0.264 e. The third kappa shape index (κ3) is 8.01. The SMILES string of the molecule is CCC(C(=O)NC(C)(C)C)N(Cc1ccc(OC)cc1)C(=O)CN(c1cccc(Cl)c1C)S(=O)(=O)c1ccccc1. The average Bonchev–Trinajstić information content (AvgIpc) is 2.93. The highest BCUT2D eigenvalue weighted by molar-refractivity contribution is 7.92. The molecule has 0 aliphatic carbocycles. The second-order valence-electron chi connectivity index (χ2n) is 10.7. The van der Waals surface area contributed by atoms with Crippen LogP contribution < -0.4 is 14.4 Å². The zero-order chi connectivity index (χ0) is 30.4. The number of amides is 2. The summed E-state index contributed by atoms with van der Waals surface area (Å²) >= 11 is 6.38. The van der Waals surface area contributed by atoms with Crippen molar-refractivity contribution in [1.29, 1.82) is 0 Å². The summed E-state index contributed by atoms with van der Waals surface area (Å²) in [4.78, 5) is 29.1. The lowest BCUT2D eigenvalue weighted by Gasteiger charge is -2.35. The van der Waals surface area contributed by atoms with Crippen LogP contribution >= 0.6 is 11.6 Å². The van der Waals surface area contributed by atoms with Gasteiger partial charge in [-0.2, -0.15) is 0 Å². The Balaban J connectivity index is 2.10. The van der Waals surface area contributed by atoms with E-state index in [1.165, 1.54) is 17.0 Å². The molecule has 0 spiro atoms. The summed E-state index contributed by atoms with van der Waals surface area (Å²) in [5.74, 6) is -0.199. The highest BCUT2D eigenvalue weighted by Crippen LogP contribution is 2.31. The van der Waals surface area contributed by atoms with Gasteiger partial charge in [0.25, 0.3) is 10.0 Å². The van der Waals surface area contributed by atoms with Crippen LogP contribution in [0.25, 0.3) is 0 Å². The molecular weight excluding hydrogens is 562 g/mol.